The summed E-state index contributed by atoms with van der Waals surface area (Å²) in [5.41, 5.74) is 2.20. The molecule has 0 spiro atoms. The minimum atomic E-state index is 0.0392. The van der Waals surface area contributed by atoms with Crippen LogP contribution in [0.5, 0.6) is 5.75 Å². The molecule has 2 rings (SSSR count). The molecule has 0 bridgehead atoms. The standard InChI is InChI=1S/C16H16O/c1-3-14-9-7-8-12-16(14)17-13(2)15-10-5-4-6-11-15/h3-13H,1H2,2H3. The second kappa shape index (κ2) is 5.35. The van der Waals surface area contributed by atoms with E-state index in [1.807, 2.05) is 48.5 Å². The lowest BCUT2D eigenvalue weighted by Gasteiger charge is -2.16. The molecular weight excluding hydrogens is 208 g/mol. The fourth-order valence-electron chi connectivity index (χ4n) is 1.74. The molecule has 0 aliphatic carbocycles. The van der Waals surface area contributed by atoms with Crippen LogP contribution in [0.3, 0.4) is 0 Å². The zero-order valence-electron chi connectivity index (χ0n) is 9.97. The van der Waals surface area contributed by atoms with Gasteiger partial charge >= 0.3 is 0 Å². The summed E-state index contributed by atoms with van der Waals surface area (Å²) in [4.78, 5) is 0. The van der Waals surface area contributed by atoms with E-state index >= 15 is 0 Å². The molecule has 0 heterocycles. The smallest absolute Gasteiger partial charge is 0.127 e. The molecule has 1 unspecified atom stereocenters. The molecule has 0 radical (unpaired) electrons. The highest BCUT2D eigenvalue weighted by atomic mass is 16.5. The van der Waals surface area contributed by atoms with Crippen LogP contribution in [0.25, 0.3) is 6.08 Å². The van der Waals surface area contributed by atoms with Gasteiger partial charge < -0.3 is 4.74 Å². The molecule has 0 aromatic heterocycles. The molecule has 0 amide bonds. The molecule has 0 aliphatic heterocycles. The Bertz CT molecular complexity index is 488. The number of ether oxygens (including phenoxy) is 1. The second-order valence-corrected chi connectivity index (χ2v) is 3.91. The van der Waals surface area contributed by atoms with Crippen LogP contribution >= 0.6 is 0 Å². The summed E-state index contributed by atoms with van der Waals surface area (Å²) in [6.45, 7) is 5.84. The van der Waals surface area contributed by atoms with E-state index in [0.717, 1.165) is 11.3 Å². The van der Waals surface area contributed by atoms with E-state index in [4.69, 9.17) is 4.74 Å². The molecule has 2 aromatic rings. The van der Waals surface area contributed by atoms with Gasteiger partial charge in [-0.15, -0.1) is 0 Å². The Morgan fingerprint density at radius 2 is 1.65 bits per heavy atom. The summed E-state index contributed by atoms with van der Waals surface area (Å²) in [5.74, 6) is 0.874. The monoisotopic (exact) mass is 224 g/mol. The SMILES string of the molecule is C=Cc1ccccc1OC(C)c1ccccc1. The molecule has 0 aliphatic rings. The van der Waals surface area contributed by atoms with Gasteiger partial charge in [-0.1, -0.05) is 61.2 Å². The normalized spacial score (nSPS) is 11.8. The molecule has 17 heavy (non-hydrogen) atoms. The zero-order valence-corrected chi connectivity index (χ0v) is 9.97. The Labute approximate surface area is 102 Å². The van der Waals surface area contributed by atoms with Crippen molar-refractivity contribution in [1.82, 2.24) is 0 Å². The first kappa shape index (κ1) is 11.5. The molecule has 1 heteroatoms. The van der Waals surface area contributed by atoms with E-state index in [1.54, 1.807) is 0 Å². The highest BCUT2D eigenvalue weighted by molar-refractivity contribution is 5.55. The molecule has 0 fully saturated rings. The Balaban J connectivity index is 2.18. The summed E-state index contributed by atoms with van der Waals surface area (Å²) in [5, 5.41) is 0. The molecule has 0 saturated heterocycles. The van der Waals surface area contributed by atoms with E-state index in [1.165, 1.54) is 5.56 Å². The number of rotatable bonds is 4. The van der Waals surface area contributed by atoms with Crippen molar-refractivity contribution in [3.05, 3.63) is 72.3 Å². The van der Waals surface area contributed by atoms with E-state index in [2.05, 4.69) is 25.6 Å². The van der Waals surface area contributed by atoms with Crippen LogP contribution < -0.4 is 4.74 Å². The molecule has 1 nitrogen and oxygen atoms in total. The lowest BCUT2D eigenvalue weighted by Crippen LogP contribution is -2.03. The van der Waals surface area contributed by atoms with Crippen LogP contribution in [0, 0.1) is 0 Å². The molecule has 86 valence electrons. The van der Waals surface area contributed by atoms with E-state index in [0.29, 0.717) is 0 Å². The maximum Gasteiger partial charge on any atom is 0.127 e. The fourth-order valence-corrected chi connectivity index (χ4v) is 1.74. The van der Waals surface area contributed by atoms with Crippen LogP contribution in [0.15, 0.2) is 61.2 Å². The van der Waals surface area contributed by atoms with Gasteiger partial charge in [-0.2, -0.15) is 0 Å². The van der Waals surface area contributed by atoms with Crippen molar-refractivity contribution >= 4 is 6.08 Å². The van der Waals surface area contributed by atoms with Gasteiger partial charge in [0, 0.05) is 5.56 Å². The number of hydrogen-bond acceptors (Lipinski definition) is 1. The highest BCUT2D eigenvalue weighted by Gasteiger charge is 2.08. The van der Waals surface area contributed by atoms with Crippen molar-refractivity contribution in [1.29, 1.82) is 0 Å². The van der Waals surface area contributed by atoms with Gasteiger partial charge in [-0.05, 0) is 18.6 Å². The Hall–Kier alpha value is -2.02. The lowest BCUT2D eigenvalue weighted by molar-refractivity contribution is 0.226. The van der Waals surface area contributed by atoms with Gasteiger partial charge in [-0.3, -0.25) is 0 Å². The van der Waals surface area contributed by atoms with E-state index in [-0.39, 0.29) is 6.10 Å². The summed E-state index contributed by atoms with van der Waals surface area (Å²) in [6, 6.07) is 18.1. The second-order valence-electron chi connectivity index (χ2n) is 3.91. The zero-order chi connectivity index (χ0) is 12.1. The van der Waals surface area contributed by atoms with Crippen LogP contribution in [0.4, 0.5) is 0 Å². The van der Waals surface area contributed by atoms with Crippen LogP contribution in [-0.4, -0.2) is 0 Å². The van der Waals surface area contributed by atoms with Crippen LogP contribution in [0.1, 0.15) is 24.2 Å². The first-order chi connectivity index (χ1) is 8.31. The van der Waals surface area contributed by atoms with Gasteiger partial charge in [0.2, 0.25) is 0 Å². The van der Waals surface area contributed by atoms with Crippen molar-refractivity contribution < 1.29 is 4.74 Å². The third kappa shape index (κ3) is 2.76. The predicted molar refractivity (Wildman–Crippen MR) is 72.0 cm³/mol. The van der Waals surface area contributed by atoms with E-state index < -0.39 is 0 Å². The average Bonchev–Trinajstić information content (AvgIpc) is 2.40. The Morgan fingerprint density at radius 1 is 1.00 bits per heavy atom. The summed E-state index contributed by atoms with van der Waals surface area (Å²) < 4.78 is 5.95. The van der Waals surface area contributed by atoms with Gasteiger partial charge in [0.15, 0.2) is 0 Å². The third-order valence-electron chi connectivity index (χ3n) is 2.71. The molecule has 0 N–H and O–H groups in total. The summed E-state index contributed by atoms with van der Waals surface area (Å²) in [7, 11) is 0. The van der Waals surface area contributed by atoms with E-state index in [9.17, 15) is 0 Å². The van der Waals surface area contributed by atoms with Crippen LogP contribution in [0.2, 0.25) is 0 Å². The average molecular weight is 224 g/mol. The summed E-state index contributed by atoms with van der Waals surface area (Å²) in [6.07, 6.45) is 1.85. The van der Waals surface area contributed by atoms with Crippen molar-refractivity contribution in [3.8, 4) is 5.75 Å². The number of benzene rings is 2. The topological polar surface area (TPSA) is 9.23 Å². The lowest BCUT2D eigenvalue weighted by atomic mass is 10.1. The Morgan fingerprint density at radius 3 is 2.35 bits per heavy atom. The molecular formula is C16H16O. The molecule has 2 aromatic carbocycles. The van der Waals surface area contributed by atoms with Gasteiger partial charge in [-0.25, -0.2) is 0 Å². The van der Waals surface area contributed by atoms with Crippen molar-refractivity contribution in [2.45, 2.75) is 13.0 Å². The van der Waals surface area contributed by atoms with Crippen LogP contribution in [-0.2, 0) is 0 Å². The van der Waals surface area contributed by atoms with Gasteiger partial charge in [0.05, 0.1) is 0 Å². The first-order valence-corrected chi connectivity index (χ1v) is 5.74. The largest absolute Gasteiger partial charge is 0.485 e. The highest BCUT2D eigenvalue weighted by Crippen LogP contribution is 2.25. The van der Waals surface area contributed by atoms with Crippen molar-refractivity contribution in [3.63, 3.8) is 0 Å². The fraction of sp³-hybridized carbons (Fsp3) is 0.125. The summed E-state index contributed by atoms with van der Waals surface area (Å²) >= 11 is 0. The Kier molecular flexibility index (Phi) is 3.61. The van der Waals surface area contributed by atoms with Gasteiger partial charge in [0.25, 0.3) is 0 Å². The van der Waals surface area contributed by atoms with Crippen molar-refractivity contribution in [2.75, 3.05) is 0 Å². The third-order valence-corrected chi connectivity index (χ3v) is 2.71. The molecule has 0 saturated carbocycles. The first-order valence-electron chi connectivity index (χ1n) is 5.74. The van der Waals surface area contributed by atoms with Gasteiger partial charge in [0.1, 0.15) is 11.9 Å². The maximum absolute atomic E-state index is 5.95. The number of para-hydroxylation sites is 1. The quantitative estimate of drug-likeness (QED) is 0.744. The maximum atomic E-state index is 5.95. The molecule has 1 atom stereocenters. The minimum absolute atomic E-state index is 0.0392. The predicted octanol–water partition coefficient (Wildman–Crippen LogP) is 4.47. The minimum Gasteiger partial charge on any atom is -0.485 e. The van der Waals surface area contributed by atoms with Crippen molar-refractivity contribution in [2.24, 2.45) is 0 Å². The number of hydrogen-bond donors (Lipinski definition) is 0.